The van der Waals surface area contributed by atoms with Crippen LogP contribution in [0.1, 0.15) is 24.0 Å². The van der Waals surface area contributed by atoms with Crippen LogP contribution in [-0.4, -0.2) is 37.5 Å². The van der Waals surface area contributed by atoms with Crippen LogP contribution in [0.5, 0.6) is 0 Å². The molecule has 1 saturated heterocycles. The molecule has 1 aliphatic heterocycles. The highest BCUT2D eigenvalue weighted by atomic mass is 16.2. The molecule has 0 spiro atoms. The van der Waals surface area contributed by atoms with Crippen LogP contribution in [0.15, 0.2) is 18.2 Å². The van der Waals surface area contributed by atoms with Gasteiger partial charge in [-0.3, -0.25) is 4.79 Å². The maximum atomic E-state index is 12.1. The van der Waals surface area contributed by atoms with Crippen molar-refractivity contribution < 1.29 is 4.79 Å². The number of hydrogen-bond acceptors (Lipinski definition) is 3. The lowest BCUT2D eigenvalue weighted by atomic mass is 10.1. The Hall–Kier alpha value is -1.39. The van der Waals surface area contributed by atoms with Crippen molar-refractivity contribution >= 4 is 11.6 Å². The summed E-state index contributed by atoms with van der Waals surface area (Å²) in [4.78, 5) is 14.2. The molecular weight excluding hydrogens is 238 g/mol. The first-order chi connectivity index (χ1) is 9.04. The highest BCUT2D eigenvalue weighted by molar-refractivity contribution is 5.95. The predicted octanol–water partition coefficient (Wildman–Crippen LogP) is 1.75. The Morgan fingerprint density at radius 1 is 1.42 bits per heavy atom. The molecule has 0 saturated carbocycles. The van der Waals surface area contributed by atoms with Gasteiger partial charge in [-0.1, -0.05) is 6.07 Å². The van der Waals surface area contributed by atoms with Crippen molar-refractivity contribution in [1.29, 1.82) is 0 Å². The van der Waals surface area contributed by atoms with E-state index in [1.807, 2.05) is 20.2 Å². The third-order valence-corrected chi connectivity index (χ3v) is 3.28. The van der Waals surface area contributed by atoms with Gasteiger partial charge in [-0.25, -0.2) is 0 Å². The Kier molecular flexibility index (Phi) is 4.56. The molecule has 104 valence electrons. The van der Waals surface area contributed by atoms with Gasteiger partial charge in [0.1, 0.15) is 0 Å². The number of hydrogen-bond donors (Lipinski definition) is 2. The second-order valence-electron chi connectivity index (χ2n) is 5.58. The quantitative estimate of drug-likeness (QED) is 0.868. The van der Waals surface area contributed by atoms with Crippen LogP contribution < -0.4 is 10.6 Å². The molecule has 1 aromatic carbocycles. The Labute approximate surface area is 115 Å². The Morgan fingerprint density at radius 2 is 2.21 bits per heavy atom. The summed E-state index contributed by atoms with van der Waals surface area (Å²) in [6, 6.07) is 6.20. The van der Waals surface area contributed by atoms with Crippen molar-refractivity contribution in [3.63, 3.8) is 0 Å². The van der Waals surface area contributed by atoms with Crippen molar-refractivity contribution in [1.82, 2.24) is 10.2 Å². The number of amides is 1. The number of benzene rings is 1. The summed E-state index contributed by atoms with van der Waals surface area (Å²) in [5.74, 6) is 0.0823. The number of carbonyl (C=O) groups is 1. The van der Waals surface area contributed by atoms with Gasteiger partial charge in [-0.15, -0.1) is 0 Å². The van der Waals surface area contributed by atoms with Gasteiger partial charge in [0.05, 0.1) is 6.04 Å². The average molecular weight is 261 g/mol. The van der Waals surface area contributed by atoms with Crippen molar-refractivity contribution in [2.75, 3.05) is 26.0 Å². The van der Waals surface area contributed by atoms with E-state index in [0.717, 1.165) is 31.6 Å². The summed E-state index contributed by atoms with van der Waals surface area (Å²) in [7, 11) is 4.09. The van der Waals surface area contributed by atoms with Gasteiger partial charge >= 0.3 is 0 Å². The third kappa shape index (κ3) is 4.04. The van der Waals surface area contributed by atoms with E-state index in [9.17, 15) is 4.79 Å². The zero-order chi connectivity index (χ0) is 13.8. The lowest BCUT2D eigenvalue weighted by Crippen LogP contribution is -2.35. The van der Waals surface area contributed by atoms with Gasteiger partial charge in [0.2, 0.25) is 5.91 Å². The SMILES string of the molecule is Cc1cc(CN(C)C)cc(NC(=O)[C@H]2CCCN2)c1. The van der Waals surface area contributed by atoms with Crippen LogP contribution in [-0.2, 0) is 11.3 Å². The molecule has 4 nitrogen and oxygen atoms in total. The van der Waals surface area contributed by atoms with Crippen LogP contribution in [0.4, 0.5) is 5.69 Å². The summed E-state index contributed by atoms with van der Waals surface area (Å²) in [5, 5.41) is 6.24. The molecule has 0 unspecified atom stereocenters. The van der Waals surface area contributed by atoms with Crippen LogP contribution in [0, 0.1) is 6.92 Å². The highest BCUT2D eigenvalue weighted by Crippen LogP contribution is 2.17. The smallest absolute Gasteiger partial charge is 0.241 e. The highest BCUT2D eigenvalue weighted by Gasteiger charge is 2.21. The zero-order valence-electron chi connectivity index (χ0n) is 12.0. The molecule has 1 aliphatic rings. The summed E-state index contributed by atoms with van der Waals surface area (Å²) in [6.07, 6.45) is 2.01. The lowest BCUT2D eigenvalue weighted by Gasteiger charge is -2.15. The summed E-state index contributed by atoms with van der Waals surface area (Å²) >= 11 is 0. The number of nitrogens with one attached hydrogen (secondary N) is 2. The van der Waals surface area contributed by atoms with Crippen molar-refractivity contribution in [2.45, 2.75) is 32.4 Å². The van der Waals surface area contributed by atoms with E-state index in [4.69, 9.17) is 0 Å². The largest absolute Gasteiger partial charge is 0.325 e. The van der Waals surface area contributed by atoms with Gasteiger partial charge in [0, 0.05) is 12.2 Å². The van der Waals surface area contributed by atoms with Gasteiger partial charge in [-0.2, -0.15) is 0 Å². The van der Waals surface area contributed by atoms with Crippen molar-refractivity contribution in [3.8, 4) is 0 Å². The predicted molar refractivity (Wildman–Crippen MR) is 78.2 cm³/mol. The number of aryl methyl sites for hydroxylation is 1. The Bertz CT molecular complexity index is 451. The molecule has 0 aromatic heterocycles. The zero-order valence-corrected chi connectivity index (χ0v) is 12.0. The number of rotatable bonds is 4. The average Bonchev–Trinajstić information content (AvgIpc) is 2.79. The van der Waals surface area contributed by atoms with Crippen LogP contribution in [0.3, 0.4) is 0 Å². The third-order valence-electron chi connectivity index (χ3n) is 3.28. The summed E-state index contributed by atoms with van der Waals surface area (Å²) < 4.78 is 0. The molecule has 2 rings (SSSR count). The summed E-state index contributed by atoms with van der Waals surface area (Å²) in [6.45, 7) is 3.88. The van der Waals surface area contributed by atoms with E-state index in [1.165, 1.54) is 11.1 Å². The van der Waals surface area contributed by atoms with Crippen LogP contribution >= 0.6 is 0 Å². The molecular formula is C15H23N3O. The molecule has 19 heavy (non-hydrogen) atoms. The molecule has 0 radical (unpaired) electrons. The van der Waals surface area contributed by atoms with Gasteiger partial charge in [-0.05, 0) is 63.7 Å². The van der Waals surface area contributed by atoms with E-state index in [2.05, 4.69) is 34.6 Å². The molecule has 0 bridgehead atoms. The molecule has 1 amide bonds. The molecule has 4 heteroatoms. The molecule has 1 aromatic rings. The van der Waals surface area contributed by atoms with Crippen molar-refractivity contribution in [3.05, 3.63) is 29.3 Å². The second kappa shape index (κ2) is 6.17. The second-order valence-corrected chi connectivity index (χ2v) is 5.58. The van der Waals surface area contributed by atoms with Crippen LogP contribution in [0.2, 0.25) is 0 Å². The maximum Gasteiger partial charge on any atom is 0.241 e. The van der Waals surface area contributed by atoms with Crippen LogP contribution in [0.25, 0.3) is 0 Å². The minimum atomic E-state index is -0.0298. The fourth-order valence-electron chi connectivity index (χ4n) is 2.53. The van der Waals surface area contributed by atoms with E-state index in [0.29, 0.717) is 0 Å². The van der Waals surface area contributed by atoms with Gasteiger partial charge in [0.25, 0.3) is 0 Å². The minimum absolute atomic E-state index is 0.0298. The Morgan fingerprint density at radius 3 is 2.84 bits per heavy atom. The monoisotopic (exact) mass is 261 g/mol. The Balaban J connectivity index is 2.06. The lowest BCUT2D eigenvalue weighted by molar-refractivity contribution is -0.117. The van der Waals surface area contributed by atoms with Gasteiger partial charge < -0.3 is 15.5 Å². The van der Waals surface area contributed by atoms with E-state index in [1.54, 1.807) is 0 Å². The van der Waals surface area contributed by atoms with E-state index >= 15 is 0 Å². The minimum Gasteiger partial charge on any atom is -0.325 e. The maximum absolute atomic E-state index is 12.1. The fourth-order valence-corrected chi connectivity index (χ4v) is 2.53. The molecule has 2 N–H and O–H groups in total. The first kappa shape index (κ1) is 14.0. The van der Waals surface area contributed by atoms with E-state index < -0.39 is 0 Å². The number of carbonyl (C=O) groups excluding carboxylic acids is 1. The first-order valence-electron chi connectivity index (χ1n) is 6.84. The molecule has 1 heterocycles. The molecule has 1 fully saturated rings. The molecule has 1 atom stereocenters. The topological polar surface area (TPSA) is 44.4 Å². The standard InChI is InChI=1S/C15H23N3O/c1-11-7-12(10-18(2)3)9-13(8-11)17-15(19)14-5-4-6-16-14/h7-9,14,16H,4-6,10H2,1-3H3,(H,17,19)/t14-/m1/s1. The first-order valence-corrected chi connectivity index (χ1v) is 6.84. The van der Waals surface area contributed by atoms with Gasteiger partial charge in [0.15, 0.2) is 0 Å². The number of nitrogens with zero attached hydrogens (tertiary/aromatic N) is 1. The molecule has 0 aliphatic carbocycles. The summed E-state index contributed by atoms with van der Waals surface area (Å²) in [5.41, 5.74) is 3.30. The van der Waals surface area contributed by atoms with E-state index in [-0.39, 0.29) is 11.9 Å². The fraction of sp³-hybridized carbons (Fsp3) is 0.533. The number of anilines is 1. The van der Waals surface area contributed by atoms with Crippen molar-refractivity contribution in [2.24, 2.45) is 0 Å². The normalized spacial score (nSPS) is 18.8.